The Kier molecular flexibility index (Phi) is 3.12. The summed E-state index contributed by atoms with van der Waals surface area (Å²) in [4.78, 5) is 0. The van der Waals surface area contributed by atoms with E-state index >= 15 is 0 Å². The second-order valence-electron chi connectivity index (χ2n) is 6.24. The fourth-order valence-corrected chi connectivity index (χ4v) is 3.24. The number of hydrogen-bond acceptors (Lipinski definition) is 1. The van der Waals surface area contributed by atoms with E-state index in [0.717, 1.165) is 0 Å². The third-order valence-electron chi connectivity index (χ3n) is 4.88. The quantitative estimate of drug-likeness (QED) is 0.879. The molecule has 1 nitrogen and oxygen atoms in total. The Morgan fingerprint density at radius 1 is 1.11 bits per heavy atom. The molecule has 0 amide bonds. The number of benzene rings is 1. The molecule has 2 fully saturated rings. The molecule has 19 heavy (non-hydrogen) atoms. The molecular weight excluding hydrogens is 244 g/mol. The van der Waals surface area contributed by atoms with E-state index in [1.54, 1.807) is 0 Å². The highest BCUT2D eigenvalue weighted by Gasteiger charge is 2.43. The van der Waals surface area contributed by atoms with Crippen LogP contribution in [0.25, 0.3) is 0 Å². The Labute approximate surface area is 113 Å². The number of alkyl halides is 2. The van der Waals surface area contributed by atoms with Gasteiger partial charge in [-0.05, 0) is 42.7 Å². The second kappa shape index (κ2) is 4.55. The van der Waals surface area contributed by atoms with Crippen molar-refractivity contribution in [2.75, 3.05) is 6.54 Å². The molecule has 1 aromatic rings. The molecule has 3 heteroatoms. The van der Waals surface area contributed by atoms with Gasteiger partial charge in [-0.3, -0.25) is 0 Å². The van der Waals surface area contributed by atoms with E-state index in [0.29, 0.717) is 25.3 Å². The first-order valence-electron chi connectivity index (χ1n) is 7.23. The smallest absolute Gasteiger partial charge is 0.248 e. The topological polar surface area (TPSA) is 26.0 Å². The molecule has 0 saturated heterocycles. The molecule has 104 valence electrons. The van der Waals surface area contributed by atoms with Gasteiger partial charge in [0.15, 0.2) is 0 Å². The van der Waals surface area contributed by atoms with Gasteiger partial charge < -0.3 is 5.73 Å². The van der Waals surface area contributed by atoms with Crippen molar-refractivity contribution in [2.24, 2.45) is 5.73 Å². The Hall–Kier alpha value is -0.960. The lowest BCUT2D eigenvalue weighted by atomic mass is 9.68. The molecule has 0 bridgehead atoms. The van der Waals surface area contributed by atoms with Crippen LogP contribution in [0.5, 0.6) is 0 Å². The molecule has 0 aromatic heterocycles. The van der Waals surface area contributed by atoms with Crippen molar-refractivity contribution in [3.05, 3.63) is 35.4 Å². The fourth-order valence-electron chi connectivity index (χ4n) is 3.24. The first-order chi connectivity index (χ1) is 9.05. The number of halogens is 2. The summed E-state index contributed by atoms with van der Waals surface area (Å²) in [5.74, 6) is -1.80. The minimum absolute atomic E-state index is 0.0299. The van der Waals surface area contributed by atoms with Crippen LogP contribution in [0, 0.1) is 0 Å². The molecule has 3 rings (SSSR count). The summed E-state index contributed by atoms with van der Waals surface area (Å²) in [6.45, 7) is 0.469. The first-order valence-corrected chi connectivity index (χ1v) is 7.23. The van der Waals surface area contributed by atoms with Gasteiger partial charge in [-0.15, -0.1) is 0 Å². The average molecular weight is 265 g/mol. The minimum Gasteiger partial charge on any atom is -0.330 e. The fraction of sp³-hybridized carbons (Fsp3) is 0.625. The van der Waals surface area contributed by atoms with E-state index in [1.165, 1.54) is 24.0 Å². The molecule has 2 aliphatic carbocycles. The Morgan fingerprint density at radius 3 is 2.37 bits per heavy atom. The van der Waals surface area contributed by atoms with E-state index in [1.807, 2.05) is 0 Å². The zero-order valence-corrected chi connectivity index (χ0v) is 11.2. The molecule has 2 N–H and O–H groups in total. The standard InChI is InChI=1S/C16H21F2N/c17-16(18)8-6-15(11-19,7-9-16)14-3-1-2-13(10-14)12-4-5-12/h1-3,10,12H,4-9,11,19H2. The van der Waals surface area contributed by atoms with E-state index in [4.69, 9.17) is 5.73 Å². The zero-order valence-electron chi connectivity index (χ0n) is 11.2. The van der Waals surface area contributed by atoms with Crippen LogP contribution >= 0.6 is 0 Å². The van der Waals surface area contributed by atoms with E-state index in [-0.39, 0.29) is 18.3 Å². The minimum atomic E-state index is -2.49. The number of rotatable bonds is 3. The summed E-state index contributed by atoms with van der Waals surface area (Å²) in [7, 11) is 0. The molecule has 0 unspecified atom stereocenters. The molecule has 0 aliphatic heterocycles. The lowest BCUT2D eigenvalue weighted by molar-refractivity contribution is -0.0509. The lowest BCUT2D eigenvalue weighted by Crippen LogP contribution is -2.42. The first kappa shape index (κ1) is 13.0. The molecule has 0 spiro atoms. The summed E-state index contributed by atoms with van der Waals surface area (Å²) in [5.41, 5.74) is 8.27. The van der Waals surface area contributed by atoms with Gasteiger partial charge in [-0.25, -0.2) is 8.78 Å². The van der Waals surface area contributed by atoms with Crippen molar-refractivity contribution in [2.45, 2.75) is 55.8 Å². The zero-order chi connectivity index (χ0) is 13.5. The maximum absolute atomic E-state index is 13.4. The Balaban J connectivity index is 1.87. The third-order valence-corrected chi connectivity index (χ3v) is 4.88. The van der Waals surface area contributed by atoms with E-state index in [2.05, 4.69) is 24.3 Å². The molecule has 2 aliphatic rings. The third kappa shape index (κ3) is 2.53. The molecule has 1 aromatic carbocycles. The van der Waals surface area contributed by atoms with Gasteiger partial charge >= 0.3 is 0 Å². The SMILES string of the molecule is NCC1(c2cccc(C3CC3)c2)CCC(F)(F)CC1. The van der Waals surface area contributed by atoms with Gasteiger partial charge in [0.25, 0.3) is 0 Å². The molecule has 0 radical (unpaired) electrons. The van der Waals surface area contributed by atoms with Crippen LogP contribution in [0.15, 0.2) is 24.3 Å². The van der Waals surface area contributed by atoms with Crippen LogP contribution in [-0.2, 0) is 5.41 Å². The average Bonchev–Trinajstić information content (AvgIpc) is 3.24. The van der Waals surface area contributed by atoms with Crippen molar-refractivity contribution in [1.82, 2.24) is 0 Å². The van der Waals surface area contributed by atoms with Gasteiger partial charge in [0.2, 0.25) is 5.92 Å². The monoisotopic (exact) mass is 265 g/mol. The van der Waals surface area contributed by atoms with Crippen LogP contribution in [0.4, 0.5) is 8.78 Å². The summed E-state index contributed by atoms with van der Waals surface area (Å²) in [5, 5.41) is 0. The van der Waals surface area contributed by atoms with Crippen LogP contribution in [-0.4, -0.2) is 12.5 Å². The largest absolute Gasteiger partial charge is 0.330 e. The summed E-state index contributed by atoms with van der Waals surface area (Å²) < 4.78 is 26.8. The molecule has 2 saturated carbocycles. The van der Waals surface area contributed by atoms with Crippen LogP contribution < -0.4 is 5.73 Å². The highest BCUT2D eigenvalue weighted by Crippen LogP contribution is 2.46. The van der Waals surface area contributed by atoms with Gasteiger partial charge in [0.1, 0.15) is 0 Å². The predicted molar refractivity (Wildman–Crippen MR) is 72.6 cm³/mol. The maximum atomic E-state index is 13.4. The number of hydrogen-bond donors (Lipinski definition) is 1. The second-order valence-corrected chi connectivity index (χ2v) is 6.24. The van der Waals surface area contributed by atoms with Crippen molar-refractivity contribution >= 4 is 0 Å². The van der Waals surface area contributed by atoms with Crippen molar-refractivity contribution in [1.29, 1.82) is 0 Å². The van der Waals surface area contributed by atoms with Crippen LogP contribution in [0.2, 0.25) is 0 Å². The van der Waals surface area contributed by atoms with Crippen molar-refractivity contribution < 1.29 is 8.78 Å². The normalized spacial score (nSPS) is 25.2. The predicted octanol–water partition coefficient (Wildman–Crippen LogP) is 3.97. The van der Waals surface area contributed by atoms with Crippen molar-refractivity contribution in [3.8, 4) is 0 Å². The Bertz CT molecular complexity index is 456. The number of nitrogens with two attached hydrogens (primary N) is 1. The van der Waals surface area contributed by atoms with E-state index in [9.17, 15) is 8.78 Å². The van der Waals surface area contributed by atoms with Gasteiger partial charge in [-0.2, -0.15) is 0 Å². The van der Waals surface area contributed by atoms with E-state index < -0.39 is 5.92 Å². The van der Waals surface area contributed by atoms with Crippen LogP contribution in [0.1, 0.15) is 55.6 Å². The summed E-state index contributed by atoms with van der Waals surface area (Å²) in [6, 6.07) is 8.51. The molecule has 0 atom stereocenters. The lowest BCUT2D eigenvalue weighted by Gasteiger charge is -2.40. The van der Waals surface area contributed by atoms with Gasteiger partial charge in [0, 0.05) is 24.8 Å². The van der Waals surface area contributed by atoms with Gasteiger partial charge in [0.05, 0.1) is 0 Å². The summed E-state index contributed by atoms with van der Waals surface area (Å²) >= 11 is 0. The highest BCUT2D eigenvalue weighted by atomic mass is 19.3. The molecular formula is C16H21F2N. The van der Waals surface area contributed by atoms with Gasteiger partial charge in [-0.1, -0.05) is 24.3 Å². The van der Waals surface area contributed by atoms with Crippen molar-refractivity contribution in [3.63, 3.8) is 0 Å². The molecule has 0 heterocycles. The Morgan fingerprint density at radius 2 is 1.79 bits per heavy atom. The highest BCUT2D eigenvalue weighted by molar-refractivity contribution is 5.35. The summed E-state index contributed by atoms with van der Waals surface area (Å²) in [6.07, 6.45) is 3.47. The maximum Gasteiger partial charge on any atom is 0.248 e. The van der Waals surface area contributed by atoms with Crippen LogP contribution in [0.3, 0.4) is 0 Å².